The average molecular weight is 780 g/mol. The van der Waals surface area contributed by atoms with Gasteiger partial charge in [0, 0.05) is 16.1 Å². The number of anilines is 4. The molecule has 0 fully saturated rings. The van der Waals surface area contributed by atoms with Crippen molar-refractivity contribution in [1.29, 1.82) is 0 Å². The van der Waals surface area contributed by atoms with Crippen molar-refractivity contribution in [2.45, 2.75) is 14.7 Å². The molecule has 6 N–H and O–H groups in total. The fourth-order valence-corrected chi connectivity index (χ4v) is 5.97. The van der Waals surface area contributed by atoms with E-state index in [0.717, 1.165) is 36.4 Å². The zero-order valence-electron chi connectivity index (χ0n) is 26.1. The molecule has 0 atom stereocenters. The van der Waals surface area contributed by atoms with Crippen LogP contribution in [0.3, 0.4) is 0 Å². The fraction of sp³-hybridized carbons (Fsp3) is 0. The van der Waals surface area contributed by atoms with E-state index in [2.05, 4.69) is 45.2 Å². The number of aromatic hydroxyl groups is 2. The molecule has 1 aromatic heterocycles. The average Bonchev–Trinajstić information content (AvgIpc) is 3.02. The third-order valence-electron chi connectivity index (χ3n) is 6.27. The summed E-state index contributed by atoms with van der Waals surface area (Å²) < 4.78 is 73.0. The Hall–Kier alpha value is -4.05. The van der Waals surface area contributed by atoms with E-state index in [1.165, 1.54) is 24.3 Å². The molecule has 0 aliphatic rings. The molecule has 0 aliphatic carbocycles. The van der Waals surface area contributed by atoms with Gasteiger partial charge in [-0.25, -0.2) is 13.2 Å². The van der Waals surface area contributed by atoms with Crippen molar-refractivity contribution < 1.29 is 98.4 Å². The maximum Gasteiger partial charge on any atom is 1.00 e. The Morgan fingerprint density at radius 3 is 2.23 bits per heavy atom. The molecule has 5 rings (SSSR count). The van der Waals surface area contributed by atoms with E-state index < -0.39 is 65.3 Å². The molecule has 20 nitrogen and oxygen atoms in total. The second kappa shape index (κ2) is 17.2. The number of halogens is 1. The Bertz CT molecular complexity index is 2430. The summed E-state index contributed by atoms with van der Waals surface area (Å²) in [7, 11) is -9.76. The van der Waals surface area contributed by atoms with Crippen molar-refractivity contribution in [2.75, 3.05) is 10.6 Å². The number of carboxylic acid groups (broad SMARTS) is 1. The summed E-state index contributed by atoms with van der Waals surface area (Å²) in [5.74, 6) is -3.11. The zero-order chi connectivity index (χ0) is 36.4. The molecule has 0 aliphatic heterocycles. The molecule has 0 radical (unpaired) electrons. The summed E-state index contributed by atoms with van der Waals surface area (Å²) in [6, 6.07) is 10.3. The summed E-state index contributed by atoms with van der Waals surface area (Å²) in [6.07, 6.45) is 0. The van der Waals surface area contributed by atoms with Crippen molar-refractivity contribution >= 4 is 95.3 Å². The summed E-state index contributed by atoms with van der Waals surface area (Å²) in [4.78, 5) is 21.6. The predicted molar refractivity (Wildman–Crippen MR) is 169 cm³/mol. The third-order valence-corrected chi connectivity index (χ3v) is 8.78. The molecular weight excluding hydrogens is 764 g/mol. The topological polar surface area (TPSA) is 318 Å². The summed E-state index contributed by atoms with van der Waals surface area (Å²) in [5.41, 5.74) is -1.38. The molecule has 0 saturated carbocycles. The molecular formula is C26H16ClLi2N7O13S3. The second-order valence-corrected chi connectivity index (χ2v) is 13.5. The SMILES string of the molecule is O=C(O)c1cc(Cl)ccc1N=Nc1c(SOO[O-])cc2cc(S(=O)(=O)[O-])cc(Nc3nc(O)nc(Nc4cccc(S(=O)(=O)O)c4)n3)c2c1O.[Li+].[Li+]. The van der Waals surface area contributed by atoms with Crippen LogP contribution in [0.4, 0.5) is 34.6 Å². The number of fused-ring (bicyclic) bond motifs is 1. The number of hydrogen-bond donors (Lipinski definition) is 6. The Morgan fingerprint density at radius 1 is 0.904 bits per heavy atom. The number of carboxylic acids is 1. The van der Waals surface area contributed by atoms with Crippen molar-refractivity contribution in [3.05, 3.63) is 71.2 Å². The number of carbonyl (C=O) groups is 1. The van der Waals surface area contributed by atoms with Crippen LogP contribution in [-0.2, 0) is 29.6 Å². The first-order valence-electron chi connectivity index (χ1n) is 13.0. The van der Waals surface area contributed by atoms with Gasteiger partial charge in [-0.3, -0.25) is 9.59 Å². The van der Waals surface area contributed by atoms with E-state index in [4.69, 9.17) is 11.6 Å². The van der Waals surface area contributed by atoms with E-state index in [9.17, 15) is 51.3 Å². The molecule has 0 amide bonds. The van der Waals surface area contributed by atoms with Gasteiger partial charge in [-0.15, -0.1) is 10.2 Å². The van der Waals surface area contributed by atoms with Crippen LogP contribution in [0.1, 0.15) is 10.4 Å². The number of nitrogens with one attached hydrogen (secondary N) is 2. The molecule has 260 valence electrons. The van der Waals surface area contributed by atoms with Crippen LogP contribution >= 0.6 is 23.6 Å². The van der Waals surface area contributed by atoms with Gasteiger partial charge in [0.05, 0.1) is 38.0 Å². The van der Waals surface area contributed by atoms with Crippen molar-refractivity contribution in [3.63, 3.8) is 0 Å². The minimum atomic E-state index is -5.17. The molecule has 1 heterocycles. The van der Waals surface area contributed by atoms with E-state index in [1.807, 2.05) is 0 Å². The van der Waals surface area contributed by atoms with Crippen molar-refractivity contribution in [1.82, 2.24) is 15.0 Å². The largest absolute Gasteiger partial charge is 1.00 e. The first-order chi connectivity index (χ1) is 23.5. The van der Waals surface area contributed by atoms with E-state index >= 15 is 0 Å². The van der Waals surface area contributed by atoms with Crippen LogP contribution in [0, 0.1) is 0 Å². The van der Waals surface area contributed by atoms with E-state index in [-0.39, 0.29) is 93.1 Å². The number of benzene rings is 4. The second-order valence-electron chi connectivity index (χ2n) is 9.52. The first kappa shape index (κ1) is 42.4. The van der Waals surface area contributed by atoms with Crippen LogP contribution in [-0.4, -0.2) is 62.2 Å². The van der Waals surface area contributed by atoms with Gasteiger partial charge in [0.15, 0.2) is 5.75 Å². The summed E-state index contributed by atoms with van der Waals surface area (Å²) in [5, 5.41) is 57.8. The minimum absolute atomic E-state index is 0. The number of phenols is 1. The molecule has 5 aromatic rings. The molecule has 4 aromatic carbocycles. The minimum Gasteiger partial charge on any atom is -0.744 e. The third kappa shape index (κ3) is 10.1. The number of rotatable bonds is 12. The number of aromatic nitrogens is 3. The van der Waals surface area contributed by atoms with Crippen molar-refractivity contribution in [3.8, 4) is 11.8 Å². The number of hydrogen-bond acceptors (Lipinski definition) is 19. The smallest absolute Gasteiger partial charge is 0.744 e. The maximum absolute atomic E-state index is 12.1. The van der Waals surface area contributed by atoms with Crippen LogP contribution in [0.25, 0.3) is 10.8 Å². The number of phenolic OH excluding ortho intramolecular Hbond substituents is 1. The molecule has 0 unspecified atom stereocenters. The Morgan fingerprint density at radius 2 is 1.60 bits per heavy atom. The number of aromatic carboxylic acids is 1. The van der Waals surface area contributed by atoms with Gasteiger partial charge < -0.3 is 35.8 Å². The normalized spacial score (nSPS) is 11.5. The van der Waals surface area contributed by atoms with Crippen molar-refractivity contribution in [2.24, 2.45) is 10.2 Å². The van der Waals surface area contributed by atoms with Gasteiger partial charge in [0.2, 0.25) is 11.9 Å². The molecule has 26 heteroatoms. The Kier molecular flexibility index (Phi) is 14.0. The quantitative estimate of drug-likeness (QED) is 0.0201. The van der Waals surface area contributed by atoms with Gasteiger partial charge in [-0.1, -0.05) is 17.7 Å². The van der Waals surface area contributed by atoms with E-state index in [1.54, 1.807) is 0 Å². The molecule has 0 bridgehead atoms. The van der Waals surface area contributed by atoms with Gasteiger partial charge in [-0.2, -0.15) is 27.7 Å². The van der Waals surface area contributed by atoms with Crippen LogP contribution in [0.15, 0.2) is 85.6 Å². The van der Waals surface area contributed by atoms with Crippen LogP contribution in [0.5, 0.6) is 11.8 Å². The predicted octanol–water partition coefficient (Wildman–Crippen LogP) is -1.92. The van der Waals surface area contributed by atoms with E-state index in [0.29, 0.717) is 0 Å². The van der Waals surface area contributed by atoms with Gasteiger partial charge in [0.25, 0.3) is 10.1 Å². The Balaban J connectivity index is 0.00000364. The summed E-state index contributed by atoms with van der Waals surface area (Å²) in [6.45, 7) is 0. The van der Waals surface area contributed by atoms with Gasteiger partial charge in [-0.05, 0) is 60.0 Å². The summed E-state index contributed by atoms with van der Waals surface area (Å²) >= 11 is 6.08. The fourth-order valence-electron chi connectivity index (χ4n) is 4.24. The number of nitrogens with zero attached hydrogens (tertiary/aromatic N) is 5. The van der Waals surface area contributed by atoms with Crippen LogP contribution < -0.4 is 53.6 Å². The molecule has 0 saturated heterocycles. The first-order valence-corrected chi connectivity index (χ1v) is 16.9. The standard InChI is InChI=1S/C26H18ClN7O13S3.2Li/c27-12-4-5-17(16(8-12)23(36)37)33-34-21-19(48-47-46-39)7-11-6-15(50(43,44)45)10-18(20(11)22(21)35)29-25-30-24(31-26(38)32-25)28-13-2-1-3-14(9-13)49(40,41)42;;/h1-10,35,39H,(H,36,37)(H,40,41,42)(H,43,44,45)(H3,28,29,30,31,32,38);;/q;2*+1/p-2. The Labute approximate surface area is 325 Å². The maximum atomic E-state index is 12.1. The van der Waals surface area contributed by atoms with Gasteiger partial charge in [0.1, 0.15) is 21.5 Å². The van der Waals surface area contributed by atoms with Crippen LogP contribution in [0.2, 0.25) is 5.02 Å². The zero-order valence-corrected chi connectivity index (χ0v) is 29.3. The molecule has 0 spiro atoms. The molecule has 52 heavy (non-hydrogen) atoms. The number of azo groups is 1. The monoisotopic (exact) mass is 779 g/mol. The van der Waals surface area contributed by atoms with Gasteiger partial charge >= 0.3 is 49.7 Å².